The van der Waals surface area contributed by atoms with Gasteiger partial charge in [0.15, 0.2) is 0 Å². The predicted molar refractivity (Wildman–Crippen MR) is 127 cm³/mol. The molecule has 1 saturated heterocycles. The van der Waals surface area contributed by atoms with Crippen molar-refractivity contribution < 1.29 is 23.9 Å². The summed E-state index contributed by atoms with van der Waals surface area (Å²) in [5.74, 6) is -0.509. The zero-order chi connectivity index (χ0) is 24.5. The third-order valence-corrected chi connectivity index (χ3v) is 6.60. The normalized spacial score (nSPS) is 19.7. The van der Waals surface area contributed by atoms with E-state index in [1.165, 1.54) is 4.90 Å². The molecule has 1 aromatic carbocycles. The molecular weight excluding hydrogens is 436 g/mol. The van der Waals surface area contributed by atoms with E-state index in [2.05, 4.69) is 10.6 Å². The highest BCUT2D eigenvalue weighted by molar-refractivity contribution is 6.22. The van der Waals surface area contributed by atoms with Gasteiger partial charge in [-0.25, -0.2) is 9.59 Å². The molecule has 184 valence electrons. The second kappa shape index (κ2) is 9.64. The third-order valence-electron chi connectivity index (χ3n) is 6.60. The SMILES string of the molecule is CC(C)(C)OC(=O)N1CCC(NC(=O)Nc2ccc3c(c2)C(=O)N(C2CCCCC2)C3=O)CC1. The van der Waals surface area contributed by atoms with Gasteiger partial charge in [0, 0.05) is 30.9 Å². The van der Waals surface area contributed by atoms with Gasteiger partial charge in [-0.2, -0.15) is 0 Å². The minimum atomic E-state index is -0.540. The smallest absolute Gasteiger partial charge is 0.410 e. The summed E-state index contributed by atoms with van der Waals surface area (Å²) in [4.78, 5) is 53.6. The summed E-state index contributed by atoms with van der Waals surface area (Å²) in [5.41, 5.74) is 0.672. The molecule has 3 aliphatic rings. The summed E-state index contributed by atoms with van der Waals surface area (Å²) in [5, 5.41) is 5.71. The Labute approximate surface area is 200 Å². The maximum Gasteiger partial charge on any atom is 0.410 e. The van der Waals surface area contributed by atoms with Crippen molar-refractivity contribution in [3.63, 3.8) is 0 Å². The highest BCUT2D eigenvalue weighted by Crippen LogP contribution is 2.32. The van der Waals surface area contributed by atoms with E-state index in [0.29, 0.717) is 42.7 Å². The van der Waals surface area contributed by atoms with Gasteiger partial charge in [-0.1, -0.05) is 19.3 Å². The standard InChI is InChI=1S/C25H34N4O5/c1-25(2,3)34-24(33)28-13-11-16(12-14-28)26-23(32)27-17-9-10-19-20(15-17)22(31)29(21(19)30)18-7-5-4-6-8-18/h9-10,15-16,18H,4-8,11-14H2,1-3H3,(H2,26,27,32). The number of ether oxygens (including phenoxy) is 1. The van der Waals surface area contributed by atoms with Crippen LogP contribution in [0.15, 0.2) is 18.2 Å². The maximum atomic E-state index is 13.0. The summed E-state index contributed by atoms with van der Waals surface area (Å²) in [6, 6.07) is 4.37. The van der Waals surface area contributed by atoms with Crippen molar-refractivity contribution in [2.24, 2.45) is 0 Å². The number of likely N-dealkylation sites (tertiary alicyclic amines) is 1. The van der Waals surface area contributed by atoms with Crippen molar-refractivity contribution in [3.8, 4) is 0 Å². The van der Waals surface area contributed by atoms with Gasteiger partial charge in [0.2, 0.25) is 0 Å². The molecule has 2 fully saturated rings. The Morgan fingerprint density at radius 1 is 0.941 bits per heavy atom. The number of nitrogens with zero attached hydrogens (tertiary/aromatic N) is 2. The molecule has 2 heterocycles. The van der Waals surface area contributed by atoms with E-state index >= 15 is 0 Å². The topological polar surface area (TPSA) is 108 Å². The fourth-order valence-electron chi connectivity index (χ4n) is 4.89. The molecule has 4 rings (SSSR count). The Morgan fingerprint density at radius 2 is 1.59 bits per heavy atom. The average molecular weight is 471 g/mol. The van der Waals surface area contributed by atoms with Crippen LogP contribution in [0.4, 0.5) is 15.3 Å². The molecule has 0 bridgehead atoms. The summed E-state index contributed by atoms with van der Waals surface area (Å²) in [6.07, 6.45) is 5.82. The number of hydrogen-bond acceptors (Lipinski definition) is 5. The van der Waals surface area contributed by atoms with E-state index in [1.54, 1.807) is 23.1 Å². The number of benzene rings is 1. The Kier molecular flexibility index (Phi) is 6.81. The number of imide groups is 1. The fourth-order valence-corrected chi connectivity index (χ4v) is 4.89. The van der Waals surface area contributed by atoms with Crippen molar-refractivity contribution in [1.82, 2.24) is 15.1 Å². The largest absolute Gasteiger partial charge is 0.444 e. The summed E-state index contributed by atoms with van der Waals surface area (Å²) in [7, 11) is 0. The average Bonchev–Trinajstić information content (AvgIpc) is 3.03. The molecule has 9 heteroatoms. The van der Waals surface area contributed by atoms with E-state index in [4.69, 9.17) is 4.74 Å². The molecule has 1 saturated carbocycles. The van der Waals surface area contributed by atoms with Crippen molar-refractivity contribution in [2.75, 3.05) is 18.4 Å². The molecule has 5 amide bonds. The number of urea groups is 1. The van der Waals surface area contributed by atoms with E-state index < -0.39 is 5.60 Å². The second-order valence-corrected chi connectivity index (χ2v) is 10.4. The number of carbonyl (C=O) groups is 4. The van der Waals surface area contributed by atoms with Gasteiger partial charge in [-0.3, -0.25) is 14.5 Å². The minimum absolute atomic E-state index is 0.0348. The first-order valence-corrected chi connectivity index (χ1v) is 12.2. The van der Waals surface area contributed by atoms with Crippen LogP contribution in [0.25, 0.3) is 0 Å². The van der Waals surface area contributed by atoms with E-state index in [0.717, 1.165) is 32.1 Å². The van der Waals surface area contributed by atoms with Gasteiger partial charge in [0.05, 0.1) is 11.1 Å². The minimum Gasteiger partial charge on any atom is -0.444 e. The third kappa shape index (κ3) is 5.34. The number of anilines is 1. The van der Waals surface area contributed by atoms with Gasteiger partial charge < -0.3 is 20.3 Å². The molecule has 9 nitrogen and oxygen atoms in total. The van der Waals surface area contributed by atoms with E-state index in [-0.39, 0.29) is 36.0 Å². The van der Waals surface area contributed by atoms with Crippen molar-refractivity contribution in [3.05, 3.63) is 29.3 Å². The van der Waals surface area contributed by atoms with E-state index in [1.807, 2.05) is 20.8 Å². The molecule has 2 N–H and O–H groups in total. The Balaban J connectivity index is 1.31. The monoisotopic (exact) mass is 470 g/mol. The van der Waals surface area contributed by atoms with Crippen molar-refractivity contribution in [1.29, 1.82) is 0 Å². The number of fused-ring (bicyclic) bond motifs is 1. The molecule has 0 unspecified atom stereocenters. The van der Waals surface area contributed by atoms with Gasteiger partial charge in [0.25, 0.3) is 11.8 Å². The van der Waals surface area contributed by atoms with Crippen LogP contribution in [0.3, 0.4) is 0 Å². The molecule has 34 heavy (non-hydrogen) atoms. The van der Waals surface area contributed by atoms with Gasteiger partial charge >= 0.3 is 12.1 Å². The Hall–Kier alpha value is -3.10. The summed E-state index contributed by atoms with van der Waals surface area (Å²) in [6.45, 7) is 6.51. The lowest BCUT2D eigenvalue weighted by Crippen LogP contribution is -2.48. The van der Waals surface area contributed by atoms with Crippen LogP contribution < -0.4 is 10.6 Å². The zero-order valence-corrected chi connectivity index (χ0v) is 20.2. The number of nitrogens with one attached hydrogen (secondary N) is 2. The Bertz CT molecular complexity index is 972. The first-order chi connectivity index (χ1) is 16.1. The van der Waals surface area contributed by atoms with Crippen molar-refractivity contribution >= 4 is 29.6 Å². The lowest BCUT2D eigenvalue weighted by Gasteiger charge is -2.33. The van der Waals surface area contributed by atoms with Crippen LogP contribution in [-0.4, -0.2) is 64.5 Å². The van der Waals surface area contributed by atoms with Crippen LogP contribution in [0.2, 0.25) is 0 Å². The number of rotatable bonds is 3. The van der Waals surface area contributed by atoms with Crippen LogP contribution in [0, 0.1) is 0 Å². The quantitative estimate of drug-likeness (QED) is 0.646. The second-order valence-electron chi connectivity index (χ2n) is 10.4. The van der Waals surface area contributed by atoms with Gasteiger partial charge in [0.1, 0.15) is 5.60 Å². The van der Waals surface area contributed by atoms with E-state index in [9.17, 15) is 19.2 Å². The number of carbonyl (C=O) groups excluding carboxylic acids is 4. The molecule has 0 spiro atoms. The van der Waals surface area contributed by atoms with Gasteiger partial charge in [-0.15, -0.1) is 0 Å². The number of hydrogen-bond donors (Lipinski definition) is 2. The Morgan fingerprint density at radius 3 is 2.24 bits per heavy atom. The van der Waals surface area contributed by atoms with Crippen molar-refractivity contribution in [2.45, 2.75) is 83.4 Å². The molecule has 0 atom stereocenters. The summed E-state index contributed by atoms with van der Waals surface area (Å²) < 4.78 is 5.40. The molecule has 1 aliphatic carbocycles. The van der Waals surface area contributed by atoms with Crippen LogP contribution in [0.5, 0.6) is 0 Å². The lowest BCUT2D eigenvalue weighted by molar-refractivity contribution is 0.0201. The van der Waals surface area contributed by atoms with Crippen LogP contribution in [0.1, 0.15) is 86.4 Å². The van der Waals surface area contributed by atoms with Crippen LogP contribution in [-0.2, 0) is 4.74 Å². The fraction of sp³-hybridized carbons (Fsp3) is 0.600. The highest BCUT2D eigenvalue weighted by atomic mass is 16.6. The molecular formula is C25H34N4O5. The lowest BCUT2D eigenvalue weighted by atomic mass is 9.94. The molecule has 0 aromatic heterocycles. The predicted octanol–water partition coefficient (Wildman–Crippen LogP) is 4.14. The zero-order valence-electron chi connectivity index (χ0n) is 20.2. The van der Waals surface area contributed by atoms with Crippen LogP contribution >= 0.6 is 0 Å². The molecule has 1 aromatic rings. The highest BCUT2D eigenvalue weighted by Gasteiger charge is 2.40. The maximum absolute atomic E-state index is 13.0. The number of piperidine rings is 1. The summed E-state index contributed by atoms with van der Waals surface area (Å²) >= 11 is 0. The first kappa shape index (κ1) is 24.0. The molecule has 2 aliphatic heterocycles. The first-order valence-electron chi connectivity index (χ1n) is 12.2. The molecule has 0 radical (unpaired) electrons. The van der Waals surface area contributed by atoms with Gasteiger partial charge in [-0.05, 0) is 64.7 Å². The number of amides is 5.